The fraction of sp³-hybridized carbons (Fsp3) is 0.0465. The molecule has 0 N–H and O–H groups in total. The number of hydrogen-bond acceptors (Lipinski definition) is 3. The Balaban J connectivity index is 1.20. The van der Waals surface area contributed by atoms with Gasteiger partial charge in [0.2, 0.25) is 0 Å². The van der Waals surface area contributed by atoms with Gasteiger partial charge in [-0.15, -0.1) is 0 Å². The highest BCUT2D eigenvalue weighted by atomic mass is 15.0. The molecule has 3 heteroatoms. The number of rotatable bonds is 6. The van der Waals surface area contributed by atoms with E-state index in [9.17, 15) is 0 Å². The van der Waals surface area contributed by atoms with E-state index < -0.39 is 0 Å². The average molecular weight is 590 g/mol. The first-order valence-electron chi connectivity index (χ1n) is 15.8. The molecule has 46 heavy (non-hydrogen) atoms. The van der Waals surface area contributed by atoms with Gasteiger partial charge in [0.1, 0.15) is 5.82 Å². The number of hydrogen-bond donors (Lipinski definition) is 0. The highest BCUT2D eigenvalue weighted by molar-refractivity contribution is 6.00. The van der Waals surface area contributed by atoms with Crippen molar-refractivity contribution in [1.29, 1.82) is 0 Å². The molecule has 0 amide bonds. The third-order valence-corrected chi connectivity index (χ3v) is 8.60. The SMILES string of the molecule is CCc1nc(-c2cccc(-c3cc(-c4ccccc4)cc4ccccc34)c2)nc(-c2ccc3cc(-c4ccccc4)ccc3c2)n1. The molecule has 218 valence electrons. The molecule has 1 aromatic heterocycles. The van der Waals surface area contributed by atoms with E-state index in [1.165, 1.54) is 44.0 Å². The zero-order chi connectivity index (χ0) is 30.9. The summed E-state index contributed by atoms with van der Waals surface area (Å²) in [6.07, 6.45) is 0.722. The van der Waals surface area contributed by atoms with E-state index in [0.717, 1.165) is 34.3 Å². The van der Waals surface area contributed by atoms with Crippen LogP contribution in [0.25, 0.3) is 77.7 Å². The van der Waals surface area contributed by atoms with Crippen LogP contribution in [0, 0.1) is 0 Å². The molecule has 8 aromatic rings. The highest BCUT2D eigenvalue weighted by Gasteiger charge is 2.14. The molecule has 0 saturated carbocycles. The summed E-state index contributed by atoms with van der Waals surface area (Å²) >= 11 is 0. The van der Waals surface area contributed by atoms with E-state index in [1.807, 2.05) is 6.07 Å². The minimum absolute atomic E-state index is 0.687. The van der Waals surface area contributed by atoms with Crippen LogP contribution >= 0.6 is 0 Å². The van der Waals surface area contributed by atoms with Gasteiger partial charge in [-0.25, -0.2) is 15.0 Å². The van der Waals surface area contributed by atoms with Gasteiger partial charge in [0.05, 0.1) is 0 Å². The lowest BCUT2D eigenvalue weighted by Gasteiger charge is -2.13. The third kappa shape index (κ3) is 5.33. The second kappa shape index (κ2) is 11.9. The van der Waals surface area contributed by atoms with Crippen LogP contribution < -0.4 is 0 Å². The molecular formula is C43H31N3. The fourth-order valence-corrected chi connectivity index (χ4v) is 6.20. The monoisotopic (exact) mass is 589 g/mol. The predicted octanol–water partition coefficient (Wildman–Crippen LogP) is 11.1. The Bertz CT molecular complexity index is 2340. The molecule has 0 bridgehead atoms. The van der Waals surface area contributed by atoms with Crippen LogP contribution in [0.15, 0.2) is 158 Å². The molecule has 0 saturated heterocycles. The number of aromatic nitrogens is 3. The topological polar surface area (TPSA) is 38.7 Å². The molecule has 0 spiro atoms. The first kappa shape index (κ1) is 27.6. The maximum absolute atomic E-state index is 5.03. The molecule has 0 radical (unpaired) electrons. The van der Waals surface area contributed by atoms with Crippen LogP contribution in [0.5, 0.6) is 0 Å². The lowest BCUT2D eigenvalue weighted by atomic mass is 9.92. The van der Waals surface area contributed by atoms with E-state index in [4.69, 9.17) is 15.0 Å². The van der Waals surface area contributed by atoms with Crippen molar-refractivity contribution < 1.29 is 0 Å². The van der Waals surface area contributed by atoms with Crippen LogP contribution in [0.4, 0.5) is 0 Å². The van der Waals surface area contributed by atoms with Gasteiger partial charge in [0.15, 0.2) is 11.6 Å². The summed E-state index contributed by atoms with van der Waals surface area (Å²) < 4.78 is 0. The molecule has 0 atom stereocenters. The number of aryl methyl sites for hydroxylation is 1. The van der Waals surface area contributed by atoms with Crippen molar-refractivity contribution in [1.82, 2.24) is 15.0 Å². The average Bonchev–Trinajstić information content (AvgIpc) is 3.14. The van der Waals surface area contributed by atoms with Crippen molar-refractivity contribution in [2.24, 2.45) is 0 Å². The summed E-state index contributed by atoms with van der Waals surface area (Å²) in [5.41, 5.74) is 9.09. The number of fused-ring (bicyclic) bond motifs is 2. The molecular weight excluding hydrogens is 558 g/mol. The zero-order valence-corrected chi connectivity index (χ0v) is 25.6. The standard InChI is InChI=1S/C43H31N3/c1-2-41-44-42(46-43(45-41)37-23-22-32-24-31(20-21-33(32)25-37)29-12-5-3-6-13-29)36-18-11-17-35(26-36)40-28-38(30-14-7-4-8-15-30)27-34-16-9-10-19-39(34)40/h3-28H,2H2,1H3. The highest BCUT2D eigenvalue weighted by Crippen LogP contribution is 2.36. The third-order valence-electron chi connectivity index (χ3n) is 8.60. The van der Waals surface area contributed by atoms with Crippen molar-refractivity contribution >= 4 is 21.5 Å². The van der Waals surface area contributed by atoms with Crippen molar-refractivity contribution in [3.63, 3.8) is 0 Å². The van der Waals surface area contributed by atoms with Crippen molar-refractivity contribution in [2.75, 3.05) is 0 Å². The van der Waals surface area contributed by atoms with Crippen molar-refractivity contribution in [2.45, 2.75) is 13.3 Å². The molecule has 0 fully saturated rings. The van der Waals surface area contributed by atoms with Crippen molar-refractivity contribution in [3.8, 4) is 56.2 Å². The molecule has 7 aromatic carbocycles. The van der Waals surface area contributed by atoms with Gasteiger partial charge in [-0.05, 0) is 85.3 Å². The van der Waals surface area contributed by atoms with Gasteiger partial charge in [-0.2, -0.15) is 0 Å². The molecule has 8 rings (SSSR count). The van der Waals surface area contributed by atoms with E-state index in [-0.39, 0.29) is 0 Å². The summed E-state index contributed by atoms with van der Waals surface area (Å²) in [7, 11) is 0. The second-order valence-corrected chi connectivity index (χ2v) is 11.6. The number of nitrogens with zero attached hydrogens (tertiary/aromatic N) is 3. The Hall–Kier alpha value is -5.93. The minimum Gasteiger partial charge on any atom is -0.213 e. The van der Waals surface area contributed by atoms with Gasteiger partial charge >= 0.3 is 0 Å². The summed E-state index contributed by atoms with van der Waals surface area (Å²) in [6, 6.07) is 55.9. The second-order valence-electron chi connectivity index (χ2n) is 11.6. The normalized spacial score (nSPS) is 11.2. The maximum atomic E-state index is 5.03. The van der Waals surface area contributed by atoms with Gasteiger partial charge in [-0.1, -0.05) is 134 Å². The van der Waals surface area contributed by atoms with Crippen molar-refractivity contribution in [3.05, 3.63) is 164 Å². The van der Waals surface area contributed by atoms with Gasteiger partial charge < -0.3 is 0 Å². The quantitative estimate of drug-likeness (QED) is 0.194. The molecule has 3 nitrogen and oxygen atoms in total. The lowest BCUT2D eigenvalue weighted by molar-refractivity contribution is 0.910. The van der Waals surface area contributed by atoms with E-state index >= 15 is 0 Å². The predicted molar refractivity (Wildman–Crippen MR) is 191 cm³/mol. The lowest BCUT2D eigenvalue weighted by Crippen LogP contribution is -2.02. The molecule has 0 unspecified atom stereocenters. The van der Waals surface area contributed by atoms with E-state index in [1.54, 1.807) is 0 Å². The smallest absolute Gasteiger partial charge is 0.163 e. The minimum atomic E-state index is 0.687. The number of benzene rings is 7. The Morgan fingerprint density at radius 2 is 0.913 bits per heavy atom. The molecule has 0 aliphatic rings. The largest absolute Gasteiger partial charge is 0.213 e. The molecule has 1 heterocycles. The summed E-state index contributed by atoms with van der Waals surface area (Å²) in [4.78, 5) is 14.8. The fourth-order valence-electron chi connectivity index (χ4n) is 6.20. The Kier molecular flexibility index (Phi) is 7.12. The summed E-state index contributed by atoms with van der Waals surface area (Å²) in [5, 5.41) is 4.78. The van der Waals surface area contributed by atoms with E-state index in [0.29, 0.717) is 11.6 Å². The first-order chi connectivity index (χ1) is 22.7. The van der Waals surface area contributed by atoms with Crippen LogP contribution in [-0.2, 0) is 6.42 Å². The maximum Gasteiger partial charge on any atom is 0.163 e. The van der Waals surface area contributed by atoms with Crippen LogP contribution in [0.3, 0.4) is 0 Å². The zero-order valence-electron chi connectivity index (χ0n) is 25.6. The van der Waals surface area contributed by atoms with Gasteiger partial charge in [0.25, 0.3) is 0 Å². The van der Waals surface area contributed by atoms with Crippen LogP contribution in [0.2, 0.25) is 0 Å². The van der Waals surface area contributed by atoms with Gasteiger partial charge in [-0.3, -0.25) is 0 Å². The van der Waals surface area contributed by atoms with Gasteiger partial charge in [0, 0.05) is 17.5 Å². The Morgan fingerprint density at radius 1 is 0.370 bits per heavy atom. The summed E-state index contributed by atoms with van der Waals surface area (Å²) in [5.74, 6) is 2.16. The van der Waals surface area contributed by atoms with Crippen LogP contribution in [-0.4, -0.2) is 15.0 Å². The molecule has 0 aliphatic heterocycles. The summed E-state index contributed by atoms with van der Waals surface area (Å²) in [6.45, 7) is 2.09. The Morgan fingerprint density at radius 3 is 1.63 bits per heavy atom. The van der Waals surface area contributed by atoms with E-state index in [2.05, 4.69) is 159 Å². The Labute approximate surface area is 268 Å². The first-order valence-corrected chi connectivity index (χ1v) is 15.8. The molecule has 0 aliphatic carbocycles. The van der Waals surface area contributed by atoms with Crippen LogP contribution in [0.1, 0.15) is 12.7 Å².